The molecule has 0 amide bonds. The van der Waals surface area contributed by atoms with Gasteiger partial charge in [0, 0.05) is 10.4 Å². The van der Waals surface area contributed by atoms with Crippen molar-refractivity contribution in [3.8, 4) is 21.6 Å². The van der Waals surface area contributed by atoms with Crippen LogP contribution in [0, 0.1) is 0 Å². The van der Waals surface area contributed by atoms with Crippen LogP contribution in [0.5, 0.6) is 0 Å². The normalized spacial score (nSPS) is 10.6. The van der Waals surface area contributed by atoms with Crippen LogP contribution < -0.4 is 5.73 Å². The molecule has 0 bridgehead atoms. The monoisotopic (exact) mass is 385 g/mol. The molecule has 3 aromatic carbocycles. The van der Waals surface area contributed by atoms with Crippen LogP contribution >= 0.6 is 11.3 Å². The van der Waals surface area contributed by atoms with Gasteiger partial charge in [-0.3, -0.25) is 0 Å². The smallest absolute Gasteiger partial charge is 0.342 e. The molecule has 0 unspecified atom stereocenters. The molecule has 0 fully saturated rings. The molecule has 1 aromatic heterocycles. The fraction of sp³-hybridized carbons (Fsp3) is 0.0417. The molecule has 28 heavy (non-hydrogen) atoms. The minimum absolute atomic E-state index is 0.212. The SMILES string of the molecule is Nc1sc(-c2ccccc2)c(-c2ccccc2)c1C(=O)OCc1ccccc1. The molecule has 4 rings (SSSR count). The van der Waals surface area contributed by atoms with Crippen LogP contribution in [0.15, 0.2) is 91.0 Å². The van der Waals surface area contributed by atoms with E-state index in [9.17, 15) is 4.79 Å². The van der Waals surface area contributed by atoms with E-state index in [1.54, 1.807) is 0 Å². The standard InChI is InChI=1S/C24H19NO2S/c25-23-21(24(26)27-16-17-10-4-1-5-11-17)20(18-12-6-2-7-13-18)22(28-23)19-14-8-3-9-15-19/h1-15H,16,25H2. The average molecular weight is 385 g/mol. The second kappa shape index (κ2) is 8.11. The van der Waals surface area contributed by atoms with E-state index in [4.69, 9.17) is 10.5 Å². The lowest BCUT2D eigenvalue weighted by Gasteiger charge is -2.09. The number of esters is 1. The molecule has 138 valence electrons. The van der Waals surface area contributed by atoms with Gasteiger partial charge in [-0.1, -0.05) is 91.0 Å². The lowest BCUT2D eigenvalue weighted by Crippen LogP contribution is -2.08. The molecular formula is C24H19NO2S. The minimum Gasteiger partial charge on any atom is -0.457 e. The van der Waals surface area contributed by atoms with Crippen LogP contribution in [0.4, 0.5) is 5.00 Å². The molecule has 0 aliphatic carbocycles. The van der Waals surface area contributed by atoms with Gasteiger partial charge in [-0.2, -0.15) is 0 Å². The molecule has 0 saturated heterocycles. The van der Waals surface area contributed by atoms with Crippen LogP contribution in [-0.2, 0) is 11.3 Å². The summed E-state index contributed by atoms with van der Waals surface area (Å²) in [5, 5.41) is 0.468. The molecule has 0 aliphatic heterocycles. The molecule has 0 saturated carbocycles. The lowest BCUT2D eigenvalue weighted by molar-refractivity contribution is 0.0475. The number of carbonyl (C=O) groups is 1. The van der Waals surface area contributed by atoms with Gasteiger partial charge < -0.3 is 10.5 Å². The van der Waals surface area contributed by atoms with E-state index in [-0.39, 0.29) is 6.61 Å². The van der Waals surface area contributed by atoms with Crippen molar-refractivity contribution in [2.75, 3.05) is 5.73 Å². The first-order valence-electron chi connectivity index (χ1n) is 8.98. The number of carbonyl (C=O) groups excluding carboxylic acids is 1. The summed E-state index contributed by atoms with van der Waals surface area (Å²) in [4.78, 5) is 14.0. The number of benzene rings is 3. The highest BCUT2D eigenvalue weighted by atomic mass is 32.1. The number of thiophene rings is 1. The van der Waals surface area contributed by atoms with Crippen LogP contribution in [-0.4, -0.2) is 5.97 Å². The Kier molecular flexibility index (Phi) is 5.22. The Morgan fingerprint density at radius 3 is 1.93 bits per heavy atom. The van der Waals surface area contributed by atoms with Crippen molar-refractivity contribution < 1.29 is 9.53 Å². The number of nitrogen functional groups attached to an aromatic ring is 1. The van der Waals surface area contributed by atoms with E-state index in [0.29, 0.717) is 10.6 Å². The molecule has 3 nitrogen and oxygen atoms in total. The number of ether oxygens (including phenoxy) is 1. The first-order chi connectivity index (χ1) is 13.7. The summed E-state index contributed by atoms with van der Waals surface area (Å²) in [6.45, 7) is 0.212. The zero-order valence-corrected chi connectivity index (χ0v) is 16.0. The van der Waals surface area contributed by atoms with Crippen LogP contribution in [0.3, 0.4) is 0 Å². The summed E-state index contributed by atoms with van der Waals surface area (Å²) in [6.07, 6.45) is 0. The number of nitrogens with two attached hydrogens (primary N) is 1. The van der Waals surface area contributed by atoms with Crippen molar-refractivity contribution in [2.45, 2.75) is 6.61 Å². The van der Waals surface area contributed by atoms with Crippen molar-refractivity contribution in [1.82, 2.24) is 0 Å². The third-order valence-electron chi connectivity index (χ3n) is 4.45. The van der Waals surface area contributed by atoms with E-state index in [0.717, 1.165) is 27.1 Å². The minimum atomic E-state index is -0.404. The first-order valence-corrected chi connectivity index (χ1v) is 9.80. The van der Waals surface area contributed by atoms with E-state index in [1.807, 2.05) is 91.0 Å². The zero-order valence-electron chi connectivity index (χ0n) is 15.2. The quantitative estimate of drug-likeness (QED) is 0.427. The van der Waals surface area contributed by atoms with Gasteiger partial charge in [-0.05, 0) is 16.7 Å². The Labute approximate surface area is 168 Å². The summed E-state index contributed by atoms with van der Waals surface area (Å²) in [6, 6.07) is 29.5. The molecule has 1 heterocycles. The largest absolute Gasteiger partial charge is 0.457 e. The maximum Gasteiger partial charge on any atom is 0.342 e. The molecule has 0 aliphatic rings. The number of rotatable bonds is 5. The topological polar surface area (TPSA) is 52.3 Å². The Hall–Kier alpha value is -3.37. The number of anilines is 1. The maximum absolute atomic E-state index is 13.0. The van der Waals surface area contributed by atoms with Crippen molar-refractivity contribution >= 4 is 22.3 Å². The fourth-order valence-electron chi connectivity index (χ4n) is 3.12. The molecule has 0 atom stereocenters. The molecule has 4 aromatic rings. The highest BCUT2D eigenvalue weighted by Crippen LogP contribution is 2.45. The van der Waals surface area contributed by atoms with Gasteiger partial charge in [-0.25, -0.2) is 4.79 Å². The Morgan fingerprint density at radius 1 is 0.786 bits per heavy atom. The molecular weight excluding hydrogens is 366 g/mol. The van der Waals surface area contributed by atoms with Crippen LogP contribution in [0.2, 0.25) is 0 Å². The van der Waals surface area contributed by atoms with E-state index in [1.165, 1.54) is 11.3 Å². The third-order valence-corrected chi connectivity index (χ3v) is 5.52. The van der Waals surface area contributed by atoms with Gasteiger partial charge in [0.05, 0.1) is 0 Å². The van der Waals surface area contributed by atoms with E-state index in [2.05, 4.69) is 0 Å². The van der Waals surface area contributed by atoms with Gasteiger partial charge in [0.15, 0.2) is 0 Å². The van der Waals surface area contributed by atoms with E-state index < -0.39 is 5.97 Å². The van der Waals surface area contributed by atoms with Crippen LogP contribution in [0.1, 0.15) is 15.9 Å². The third kappa shape index (κ3) is 3.68. The maximum atomic E-state index is 13.0. The summed E-state index contributed by atoms with van der Waals surface area (Å²) in [5.74, 6) is -0.404. The summed E-state index contributed by atoms with van der Waals surface area (Å²) >= 11 is 1.42. The predicted octanol–water partition coefficient (Wildman–Crippen LogP) is 6.02. The number of hydrogen-bond acceptors (Lipinski definition) is 4. The summed E-state index contributed by atoms with van der Waals surface area (Å²) in [7, 11) is 0. The second-order valence-corrected chi connectivity index (χ2v) is 7.39. The summed E-state index contributed by atoms with van der Waals surface area (Å²) in [5.41, 5.74) is 10.5. The molecule has 0 spiro atoms. The zero-order chi connectivity index (χ0) is 19.3. The highest BCUT2D eigenvalue weighted by molar-refractivity contribution is 7.20. The molecule has 2 N–H and O–H groups in total. The van der Waals surface area contributed by atoms with Crippen molar-refractivity contribution in [3.63, 3.8) is 0 Å². The highest BCUT2D eigenvalue weighted by Gasteiger charge is 2.25. The average Bonchev–Trinajstić information content (AvgIpc) is 3.11. The first kappa shape index (κ1) is 18.0. The summed E-state index contributed by atoms with van der Waals surface area (Å²) < 4.78 is 5.59. The Bertz CT molecular complexity index is 1070. The van der Waals surface area contributed by atoms with Gasteiger partial charge >= 0.3 is 5.97 Å². The van der Waals surface area contributed by atoms with Gasteiger partial charge in [0.25, 0.3) is 0 Å². The van der Waals surface area contributed by atoms with Crippen LogP contribution in [0.25, 0.3) is 21.6 Å². The Balaban J connectivity index is 1.76. The van der Waals surface area contributed by atoms with Crippen molar-refractivity contribution in [1.29, 1.82) is 0 Å². The molecule has 0 radical (unpaired) electrons. The van der Waals surface area contributed by atoms with Crippen molar-refractivity contribution in [2.24, 2.45) is 0 Å². The Morgan fingerprint density at radius 2 is 1.32 bits per heavy atom. The van der Waals surface area contributed by atoms with E-state index >= 15 is 0 Å². The van der Waals surface area contributed by atoms with Gasteiger partial charge in [0.2, 0.25) is 0 Å². The molecule has 4 heteroatoms. The second-order valence-electron chi connectivity index (χ2n) is 6.34. The lowest BCUT2D eigenvalue weighted by atomic mass is 9.98. The van der Waals surface area contributed by atoms with Crippen molar-refractivity contribution in [3.05, 3.63) is 102 Å². The van der Waals surface area contributed by atoms with Gasteiger partial charge in [0.1, 0.15) is 17.2 Å². The number of hydrogen-bond donors (Lipinski definition) is 1. The van der Waals surface area contributed by atoms with Gasteiger partial charge in [-0.15, -0.1) is 11.3 Å². The predicted molar refractivity (Wildman–Crippen MR) is 115 cm³/mol. The fourth-order valence-corrected chi connectivity index (χ4v) is 4.20.